The van der Waals surface area contributed by atoms with E-state index in [1.807, 2.05) is 6.26 Å². The highest BCUT2D eigenvalue weighted by Crippen LogP contribution is 1.98. The molecule has 0 aliphatic heterocycles. The average molecular weight is 242 g/mol. The summed E-state index contributed by atoms with van der Waals surface area (Å²) in [5.41, 5.74) is -0.487. The van der Waals surface area contributed by atoms with Crippen LogP contribution in [0.25, 0.3) is 0 Å². The molecule has 0 aromatic carbocycles. The summed E-state index contributed by atoms with van der Waals surface area (Å²) in [5.74, 6) is 0.835. The molecule has 0 aliphatic carbocycles. The lowest BCUT2D eigenvalue weighted by Crippen LogP contribution is -2.22. The summed E-state index contributed by atoms with van der Waals surface area (Å²) in [4.78, 5) is 29.4. The highest BCUT2D eigenvalue weighted by atomic mass is 32.2. The number of nitrogens with zero attached hydrogens (tertiary/aromatic N) is 1. The molecule has 0 fully saturated rings. The molecule has 1 aromatic rings. The van der Waals surface area contributed by atoms with Gasteiger partial charge in [0.15, 0.2) is 0 Å². The van der Waals surface area contributed by atoms with Gasteiger partial charge in [0, 0.05) is 18.4 Å². The SMILES string of the molecule is CCOC(=O)c1cnc(CCSC)[nH]c1=O. The fraction of sp³-hybridized carbons (Fsp3) is 0.500. The van der Waals surface area contributed by atoms with Crippen molar-refractivity contribution in [1.29, 1.82) is 0 Å². The number of ether oxygens (including phenoxy) is 1. The van der Waals surface area contributed by atoms with Gasteiger partial charge in [-0.3, -0.25) is 4.79 Å². The fourth-order valence-electron chi connectivity index (χ4n) is 1.11. The lowest BCUT2D eigenvalue weighted by Gasteiger charge is -2.02. The number of aromatic amines is 1. The van der Waals surface area contributed by atoms with Gasteiger partial charge in [0.05, 0.1) is 6.61 Å². The number of thioether (sulfide) groups is 1. The van der Waals surface area contributed by atoms with Gasteiger partial charge in [0.25, 0.3) is 5.56 Å². The Morgan fingerprint density at radius 1 is 1.62 bits per heavy atom. The van der Waals surface area contributed by atoms with Gasteiger partial charge >= 0.3 is 5.97 Å². The third-order valence-electron chi connectivity index (χ3n) is 1.89. The second-order valence-corrected chi connectivity index (χ2v) is 4.02. The number of hydrogen-bond donors (Lipinski definition) is 1. The second-order valence-electron chi connectivity index (χ2n) is 3.04. The van der Waals surface area contributed by atoms with Crippen molar-refractivity contribution in [3.63, 3.8) is 0 Å². The molecule has 0 saturated carbocycles. The molecule has 0 radical (unpaired) electrons. The van der Waals surface area contributed by atoms with E-state index in [9.17, 15) is 9.59 Å². The summed E-state index contributed by atoms with van der Waals surface area (Å²) in [6, 6.07) is 0. The Bertz CT molecular complexity index is 417. The van der Waals surface area contributed by atoms with Gasteiger partial charge in [-0.15, -0.1) is 0 Å². The smallest absolute Gasteiger partial charge is 0.345 e. The van der Waals surface area contributed by atoms with Crippen LogP contribution in [0.5, 0.6) is 0 Å². The highest BCUT2D eigenvalue weighted by Gasteiger charge is 2.12. The van der Waals surface area contributed by atoms with Crippen molar-refractivity contribution < 1.29 is 9.53 Å². The number of aryl methyl sites for hydroxylation is 1. The molecule has 1 heterocycles. The van der Waals surface area contributed by atoms with E-state index in [-0.39, 0.29) is 12.2 Å². The molecule has 1 N–H and O–H groups in total. The number of nitrogens with one attached hydrogen (secondary N) is 1. The normalized spacial score (nSPS) is 10.1. The molecule has 1 rings (SSSR count). The first-order valence-electron chi connectivity index (χ1n) is 4.93. The molecule has 0 spiro atoms. The zero-order valence-electron chi connectivity index (χ0n) is 9.28. The first kappa shape index (κ1) is 12.8. The maximum atomic E-state index is 11.5. The molecule has 0 amide bonds. The van der Waals surface area contributed by atoms with Crippen molar-refractivity contribution in [2.75, 3.05) is 18.6 Å². The molecule has 5 nitrogen and oxygen atoms in total. The minimum atomic E-state index is -0.632. The van der Waals surface area contributed by atoms with E-state index in [1.165, 1.54) is 6.20 Å². The number of aromatic nitrogens is 2. The third-order valence-corrected chi connectivity index (χ3v) is 2.50. The molecule has 1 aromatic heterocycles. The molecule has 6 heteroatoms. The Kier molecular flexibility index (Phi) is 5.04. The first-order chi connectivity index (χ1) is 7.69. The van der Waals surface area contributed by atoms with E-state index >= 15 is 0 Å². The lowest BCUT2D eigenvalue weighted by molar-refractivity contribution is 0.0523. The predicted molar refractivity (Wildman–Crippen MR) is 62.9 cm³/mol. The summed E-state index contributed by atoms with van der Waals surface area (Å²) in [7, 11) is 0. The van der Waals surface area contributed by atoms with Gasteiger partial charge in [-0.1, -0.05) is 0 Å². The minimum Gasteiger partial charge on any atom is -0.462 e. The Hall–Kier alpha value is -1.30. The van der Waals surface area contributed by atoms with Crippen LogP contribution in [0, 0.1) is 0 Å². The van der Waals surface area contributed by atoms with Crippen molar-refractivity contribution in [3.8, 4) is 0 Å². The van der Waals surface area contributed by atoms with E-state index in [1.54, 1.807) is 18.7 Å². The number of rotatable bonds is 5. The zero-order valence-corrected chi connectivity index (χ0v) is 10.1. The van der Waals surface area contributed by atoms with Gasteiger partial charge in [-0.2, -0.15) is 11.8 Å². The van der Waals surface area contributed by atoms with Crippen molar-refractivity contribution in [1.82, 2.24) is 9.97 Å². The molecule has 0 aliphatic rings. The van der Waals surface area contributed by atoms with Crippen molar-refractivity contribution >= 4 is 17.7 Å². The van der Waals surface area contributed by atoms with E-state index in [0.29, 0.717) is 12.2 Å². The molecule has 0 unspecified atom stereocenters. The van der Waals surface area contributed by atoms with Crippen molar-refractivity contribution in [2.45, 2.75) is 13.3 Å². The van der Waals surface area contributed by atoms with Crippen LogP contribution >= 0.6 is 11.8 Å². The Morgan fingerprint density at radius 3 is 2.94 bits per heavy atom. The van der Waals surface area contributed by atoms with Gasteiger partial charge in [0.2, 0.25) is 0 Å². The molecule has 0 saturated heterocycles. The van der Waals surface area contributed by atoms with Crippen LogP contribution in [0.15, 0.2) is 11.0 Å². The predicted octanol–water partition coefficient (Wildman–Crippen LogP) is 0.852. The molecule has 0 bridgehead atoms. The van der Waals surface area contributed by atoms with Crippen LogP contribution in [0.3, 0.4) is 0 Å². The summed E-state index contributed by atoms with van der Waals surface area (Å²) < 4.78 is 4.73. The van der Waals surface area contributed by atoms with Gasteiger partial charge < -0.3 is 9.72 Å². The largest absolute Gasteiger partial charge is 0.462 e. The quantitative estimate of drug-likeness (QED) is 0.775. The number of carbonyl (C=O) groups is 1. The van der Waals surface area contributed by atoms with E-state index in [4.69, 9.17) is 4.74 Å². The van der Waals surface area contributed by atoms with Gasteiger partial charge in [0.1, 0.15) is 11.4 Å². The summed E-state index contributed by atoms with van der Waals surface area (Å²) in [5, 5.41) is 0. The second kappa shape index (κ2) is 6.32. The Morgan fingerprint density at radius 2 is 2.38 bits per heavy atom. The van der Waals surface area contributed by atoms with Crippen LogP contribution in [-0.2, 0) is 11.2 Å². The summed E-state index contributed by atoms with van der Waals surface area (Å²) in [6.45, 7) is 1.93. The molecular formula is C10H14N2O3S. The first-order valence-corrected chi connectivity index (χ1v) is 6.32. The Balaban J connectivity index is 2.83. The lowest BCUT2D eigenvalue weighted by atomic mass is 10.3. The number of carbonyl (C=O) groups excluding carboxylic acids is 1. The van der Waals surface area contributed by atoms with Crippen LogP contribution in [0.1, 0.15) is 23.1 Å². The fourth-order valence-corrected chi connectivity index (χ4v) is 1.51. The van der Waals surface area contributed by atoms with Crippen LogP contribution in [-0.4, -0.2) is 34.6 Å². The van der Waals surface area contributed by atoms with E-state index in [2.05, 4.69) is 9.97 Å². The van der Waals surface area contributed by atoms with E-state index in [0.717, 1.165) is 5.75 Å². The molecular weight excluding hydrogens is 228 g/mol. The van der Waals surface area contributed by atoms with Gasteiger partial charge in [-0.05, 0) is 13.2 Å². The zero-order chi connectivity index (χ0) is 12.0. The van der Waals surface area contributed by atoms with Crippen LogP contribution < -0.4 is 5.56 Å². The topological polar surface area (TPSA) is 72.0 Å². The molecule has 88 valence electrons. The minimum absolute atomic E-state index is 0.0465. The van der Waals surface area contributed by atoms with Crippen molar-refractivity contribution in [2.24, 2.45) is 0 Å². The van der Waals surface area contributed by atoms with Gasteiger partial charge in [-0.25, -0.2) is 9.78 Å². The van der Waals surface area contributed by atoms with E-state index < -0.39 is 11.5 Å². The molecule has 0 atom stereocenters. The summed E-state index contributed by atoms with van der Waals surface area (Å²) in [6.07, 6.45) is 3.93. The maximum Gasteiger partial charge on any atom is 0.345 e. The number of esters is 1. The average Bonchev–Trinajstić information content (AvgIpc) is 2.26. The molecule has 16 heavy (non-hydrogen) atoms. The number of hydrogen-bond acceptors (Lipinski definition) is 5. The van der Waals surface area contributed by atoms with Crippen LogP contribution in [0.4, 0.5) is 0 Å². The monoisotopic (exact) mass is 242 g/mol. The Labute approximate surface area is 97.6 Å². The maximum absolute atomic E-state index is 11.5. The third kappa shape index (κ3) is 3.37. The van der Waals surface area contributed by atoms with Crippen LogP contribution in [0.2, 0.25) is 0 Å². The van der Waals surface area contributed by atoms with Crippen molar-refractivity contribution in [3.05, 3.63) is 27.9 Å². The summed E-state index contributed by atoms with van der Waals surface area (Å²) >= 11 is 1.67. The number of H-pyrrole nitrogens is 1. The standard InChI is InChI=1S/C10H14N2O3S/c1-3-15-10(14)7-6-11-8(4-5-16-2)12-9(7)13/h6H,3-5H2,1-2H3,(H,11,12,13). The highest BCUT2D eigenvalue weighted by molar-refractivity contribution is 7.98.